The van der Waals surface area contributed by atoms with Gasteiger partial charge in [0, 0.05) is 31.4 Å². The van der Waals surface area contributed by atoms with Crippen molar-refractivity contribution in [3.63, 3.8) is 0 Å². The topological polar surface area (TPSA) is 77.0 Å². The van der Waals surface area contributed by atoms with E-state index in [0.29, 0.717) is 11.6 Å². The fourth-order valence-corrected chi connectivity index (χ4v) is 3.42. The summed E-state index contributed by atoms with van der Waals surface area (Å²) < 4.78 is 1.91. The van der Waals surface area contributed by atoms with Crippen LogP contribution < -0.4 is 10.6 Å². The molecule has 0 spiro atoms. The van der Waals surface area contributed by atoms with Crippen LogP contribution in [0.1, 0.15) is 27.2 Å². The van der Waals surface area contributed by atoms with Crippen LogP contribution in [0.15, 0.2) is 29.4 Å². The Kier molecular flexibility index (Phi) is 6.25. The van der Waals surface area contributed by atoms with Gasteiger partial charge in [-0.1, -0.05) is 18.7 Å². The maximum absolute atomic E-state index is 11.4. The van der Waals surface area contributed by atoms with Crippen molar-refractivity contribution < 1.29 is 4.79 Å². The molecule has 1 atom stereocenters. The number of anilines is 1. The third-order valence-electron chi connectivity index (χ3n) is 4.02. The second kappa shape index (κ2) is 8.19. The fraction of sp³-hybridized carbons (Fsp3) is 0.471. The van der Waals surface area contributed by atoms with Crippen LogP contribution in [0, 0.1) is 0 Å². The van der Waals surface area contributed by atoms with Crippen molar-refractivity contribution in [2.24, 2.45) is 12.8 Å². The molecule has 1 aromatic carbocycles. The van der Waals surface area contributed by atoms with Crippen molar-refractivity contribution >= 4 is 23.4 Å². The molecule has 1 aromatic heterocycles. The Balaban J connectivity index is 2.23. The maximum Gasteiger partial charge on any atom is 0.231 e. The molecule has 0 bridgehead atoms. The summed E-state index contributed by atoms with van der Waals surface area (Å²) in [5.74, 6) is 0.457. The minimum absolute atomic E-state index is 0.286. The van der Waals surface area contributed by atoms with Gasteiger partial charge in [-0.15, -0.1) is 10.2 Å². The zero-order valence-corrected chi connectivity index (χ0v) is 15.5. The van der Waals surface area contributed by atoms with E-state index in [9.17, 15) is 4.79 Å². The minimum atomic E-state index is -0.323. The average molecular weight is 347 g/mol. The first kappa shape index (κ1) is 18.3. The van der Waals surface area contributed by atoms with E-state index in [1.807, 2.05) is 18.5 Å². The standard InChI is InChI=1S/C17H25N5OS/c1-5-14(15(18)23)24-17-20-19-16(21(17)4)12-8-10-13(11-9-12)22(6-2)7-3/h8-11,14H,5-7H2,1-4H3,(H2,18,23)/t14-/m1/s1. The highest BCUT2D eigenvalue weighted by molar-refractivity contribution is 8.00. The molecule has 1 amide bonds. The third kappa shape index (κ3) is 3.90. The van der Waals surface area contributed by atoms with Gasteiger partial charge in [-0.2, -0.15) is 0 Å². The number of primary amides is 1. The summed E-state index contributed by atoms with van der Waals surface area (Å²) in [6.07, 6.45) is 0.667. The first-order valence-electron chi connectivity index (χ1n) is 8.22. The fourth-order valence-electron chi connectivity index (χ4n) is 2.55. The predicted octanol–water partition coefficient (Wildman–Crippen LogP) is 2.68. The zero-order valence-electron chi connectivity index (χ0n) is 14.7. The zero-order chi connectivity index (χ0) is 17.7. The molecule has 0 radical (unpaired) electrons. The van der Waals surface area contributed by atoms with Gasteiger partial charge < -0.3 is 15.2 Å². The molecule has 0 aliphatic heterocycles. The summed E-state index contributed by atoms with van der Waals surface area (Å²) in [6, 6.07) is 8.30. The number of aromatic nitrogens is 3. The number of carbonyl (C=O) groups is 1. The molecule has 1 heterocycles. The molecule has 2 aromatic rings. The second-order valence-electron chi connectivity index (χ2n) is 5.50. The Labute approximate surface area is 147 Å². The predicted molar refractivity (Wildman–Crippen MR) is 99.1 cm³/mol. The molecular formula is C17H25N5OS. The molecule has 0 fully saturated rings. The Bertz CT molecular complexity index is 679. The lowest BCUT2D eigenvalue weighted by atomic mass is 10.2. The van der Waals surface area contributed by atoms with Crippen LogP contribution >= 0.6 is 11.8 Å². The molecule has 24 heavy (non-hydrogen) atoms. The van der Waals surface area contributed by atoms with Crippen molar-refractivity contribution in [2.75, 3.05) is 18.0 Å². The third-order valence-corrected chi connectivity index (χ3v) is 5.44. The molecular weight excluding hydrogens is 322 g/mol. The smallest absolute Gasteiger partial charge is 0.231 e. The quantitative estimate of drug-likeness (QED) is 0.743. The first-order chi connectivity index (χ1) is 11.5. The molecule has 2 rings (SSSR count). The van der Waals surface area contributed by atoms with Gasteiger partial charge in [-0.25, -0.2) is 0 Å². The lowest BCUT2D eigenvalue weighted by molar-refractivity contribution is -0.117. The first-order valence-corrected chi connectivity index (χ1v) is 9.10. The van der Waals surface area contributed by atoms with Crippen molar-refractivity contribution in [3.05, 3.63) is 24.3 Å². The monoisotopic (exact) mass is 347 g/mol. The molecule has 0 aliphatic rings. The maximum atomic E-state index is 11.4. The number of carbonyl (C=O) groups excluding carboxylic acids is 1. The van der Waals surface area contributed by atoms with Crippen molar-refractivity contribution in [1.82, 2.24) is 14.8 Å². The summed E-state index contributed by atoms with van der Waals surface area (Å²) in [4.78, 5) is 13.7. The van der Waals surface area contributed by atoms with E-state index in [1.165, 1.54) is 17.4 Å². The van der Waals surface area contributed by atoms with Crippen molar-refractivity contribution in [1.29, 1.82) is 0 Å². The largest absolute Gasteiger partial charge is 0.372 e. The van der Waals surface area contributed by atoms with E-state index in [4.69, 9.17) is 5.73 Å². The van der Waals surface area contributed by atoms with E-state index >= 15 is 0 Å². The van der Waals surface area contributed by atoms with Gasteiger partial charge in [-0.3, -0.25) is 4.79 Å². The van der Waals surface area contributed by atoms with E-state index in [1.54, 1.807) is 0 Å². The van der Waals surface area contributed by atoms with E-state index in [-0.39, 0.29) is 11.2 Å². The second-order valence-corrected chi connectivity index (χ2v) is 6.67. The van der Waals surface area contributed by atoms with Crippen molar-refractivity contribution in [2.45, 2.75) is 37.6 Å². The number of nitrogens with two attached hydrogens (primary N) is 1. The lowest BCUT2D eigenvalue weighted by Gasteiger charge is -2.21. The number of nitrogens with zero attached hydrogens (tertiary/aromatic N) is 4. The Hall–Kier alpha value is -2.02. The molecule has 0 saturated heterocycles. The summed E-state index contributed by atoms with van der Waals surface area (Å²) in [5, 5.41) is 8.90. The molecule has 0 unspecified atom stereocenters. The Morgan fingerprint density at radius 1 is 1.21 bits per heavy atom. The molecule has 2 N–H and O–H groups in total. The number of hydrogen-bond donors (Lipinski definition) is 1. The number of benzene rings is 1. The van der Waals surface area contributed by atoms with Crippen LogP contribution in [0.5, 0.6) is 0 Å². The van der Waals surface area contributed by atoms with Crippen LogP contribution in [0.4, 0.5) is 5.69 Å². The van der Waals surface area contributed by atoms with Gasteiger partial charge in [0.25, 0.3) is 0 Å². The summed E-state index contributed by atoms with van der Waals surface area (Å²) in [7, 11) is 1.91. The summed E-state index contributed by atoms with van der Waals surface area (Å²) in [5.41, 5.74) is 7.61. The highest BCUT2D eigenvalue weighted by Gasteiger charge is 2.19. The summed E-state index contributed by atoms with van der Waals surface area (Å²) >= 11 is 1.36. The van der Waals surface area contributed by atoms with Gasteiger partial charge in [0.05, 0.1) is 5.25 Å². The van der Waals surface area contributed by atoms with Crippen LogP contribution in [0.2, 0.25) is 0 Å². The number of thioether (sulfide) groups is 1. The normalized spacial score (nSPS) is 12.2. The van der Waals surface area contributed by atoms with Gasteiger partial charge in [0.2, 0.25) is 5.91 Å². The van der Waals surface area contributed by atoms with Gasteiger partial charge in [0.1, 0.15) is 0 Å². The van der Waals surface area contributed by atoms with E-state index in [2.05, 4.69) is 53.2 Å². The molecule has 0 saturated carbocycles. The van der Waals surface area contributed by atoms with E-state index in [0.717, 1.165) is 24.5 Å². The van der Waals surface area contributed by atoms with Gasteiger partial charge in [-0.05, 0) is 44.5 Å². The molecule has 7 heteroatoms. The Morgan fingerprint density at radius 3 is 2.33 bits per heavy atom. The number of hydrogen-bond acceptors (Lipinski definition) is 5. The molecule has 6 nitrogen and oxygen atoms in total. The minimum Gasteiger partial charge on any atom is -0.372 e. The SMILES string of the molecule is CC[C@@H](Sc1nnc(-c2ccc(N(CC)CC)cc2)n1C)C(N)=O. The van der Waals surface area contributed by atoms with Crippen LogP contribution in [0.25, 0.3) is 11.4 Å². The van der Waals surface area contributed by atoms with Gasteiger partial charge >= 0.3 is 0 Å². The summed E-state index contributed by atoms with van der Waals surface area (Å²) in [6.45, 7) is 8.18. The van der Waals surface area contributed by atoms with Gasteiger partial charge in [0.15, 0.2) is 11.0 Å². The highest BCUT2D eigenvalue weighted by Crippen LogP contribution is 2.28. The Morgan fingerprint density at radius 2 is 1.83 bits per heavy atom. The highest BCUT2D eigenvalue weighted by atomic mass is 32.2. The van der Waals surface area contributed by atoms with Crippen LogP contribution in [-0.2, 0) is 11.8 Å². The number of rotatable bonds is 8. The van der Waals surface area contributed by atoms with Crippen molar-refractivity contribution in [3.8, 4) is 11.4 Å². The van der Waals surface area contributed by atoms with Crippen LogP contribution in [0.3, 0.4) is 0 Å². The molecule has 0 aliphatic carbocycles. The number of amides is 1. The van der Waals surface area contributed by atoms with E-state index < -0.39 is 0 Å². The van der Waals surface area contributed by atoms with Crippen LogP contribution in [-0.4, -0.2) is 39.0 Å². The average Bonchev–Trinajstić information content (AvgIpc) is 2.94. The lowest BCUT2D eigenvalue weighted by Crippen LogP contribution is -2.25. The molecule has 130 valence electrons.